The molecule has 1 aromatic rings. The van der Waals surface area contributed by atoms with E-state index in [1.165, 1.54) is 68.9 Å². The molecule has 0 radical (unpaired) electrons. The van der Waals surface area contributed by atoms with Crippen LogP contribution >= 0.6 is 0 Å². The Morgan fingerprint density at radius 2 is 1.70 bits per heavy atom. The Labute approximate surface area is 137 Å². The quantitative estimate of drug-likeness (QED) is 0.140. The van der Waals surface area contributed by atoms with Crippen LogP contribution in [0.3, 0.4) is 0 Å². The molecule has 0 fully saturated rings. The van der Waals surface area contributed by atoms with Crippen LogP contribution in [-0.2, 0) is 4.79 Å². The summed E-state index contributed by atoms with van der Waals surface area (Å²) < 4.78 is 5.07. The van der Waals surface area contributed by atoms with E-state index in [1.807, 2.05) is 6.08 Å². The average Bonchev–Trinajstić information content (AvgIpc) is 2.54. The van der Waals surface area contributed by atoms with Gasteiger partial charge in [0.1, 0.15) is 5.75 Å². The SMILES string of the molecule is CCCCCCCCC/C=C/C(=O)Oc1ccc([N+](=O)[O-])cc1. The van der Waals surface area contributed by atoms with Crippen molar-refractivity contribution < 1.29 is 14.5 Å². The molecule has 0 heterocycles. The maximum absolute atomic E-state index is 11.6. The van der Waals surface area contributed by atoms with E-state index in [-0.39, 0.29) is 5.69 Å². The van der Waals surface area contributed by atoms with E-state index in [0.717, 1.165) is 12.8 Å². The monoisotopic (exact) mass is 319 g/mol. The first-order valence-electron chi connectivity index (χ1n) is 8.26. The van der Waals surface area contributed by atoms with Crippen molar-refractivity contribution in [1.29, 1.82) is 0 Å². The van der Waals surface area contributed by atoms with Crippen molar-refractivity contribution in [3.63, 3.8) is 0 Å². The maximum Gasteiger partial charge on any atom is 0.335 e. The zero-order valence-corrected chi connectivity index (χ0v) is 13.7. The smallest absolute Gasteiger partial charge is 0.335 e. The summed E-state index contributed by atoms with van der Waals surface area (Å²) in [6.45, 7) is 2.21. The largest absolute Gasteiger partial charge is 0.423 e. The molecule has 0 N–H and O–H groups in total. The molecule has 0 atom stereocenters. The van der Waals surface area contributed by atoms with Gasteiger partial charge in [-0.05, 0) is 25.0 Å². The second-order valence-corrected chi connectivity index (χ2v) is 5.48. The van der Waals surface area contributed by atoms with E-state index >= 15 is 0 Å². The van der Waals surface area contributed by atoms with Crippen molar-refractivity contribution in [2.45, 2.75) is 58.3 Å². The van der Waals surface area contributed by atoms with Crippen molar-refractivity contribution in [3.8, 4) is 5.75 Å². The molecule has 1 aromatic carbocycles. The van der Waals surface area contributed by atoms with Gasteiger partial charge in [-0.3, -0.25) is 10.1 Å². The summed E-state index contributed by atoms with van der Waals surface area (Å²) in [5, 5.41) is 10.5. The number of ether oxygens (including phenoxy) is 1. The third-order valence-electron chi connectivity index (χ3n) is 3.49. The molecule has 0 saturated heterocycles. The Hall–Kier alpha value is -2.17. The predicted octanol–water partition coefficient (Wildman–Crippen LogP) is 5.20. The average molecular weight is 319 g/mol. The lowest BCUT2D eigenvalue weighted by atomic mass is 10.1. The number of nitro groups is 1. The van der Waals surface area contributed by atoms with Gasteiger partial charge in [0.15, 0.2) is 0 Å². The van der Waals surface area contributed by atoms with Crippen LogP contribution in [-0.4, -0.2) is 10.9 Å². The number of rotatable bonds is 11. The zero-order valence-electron chi connectivity index (χ0n) is 13.7. The van der Waals surface area contributed by atoms with Crippen LogP contribution in [0.2, 0.25) is 0 Å². The van der Waals surface area contributed by atoms with E-state index in [2.05, 4.69) is 6.92 Å². The normalized spacial score (nSPS) is 10.8. The van der Waals surface area contributed by atoms with Crippen molar-refractivity contribution in [2.24, 2.45) is 0 Å². The summed E-state index contributed by atoms with van der Waals surface area (Å²) in [4.78, 5) is 21.6. The number of esters is 1. The fourth-order valence-electron chi connectivity index (χ4n) is 2.18. The molecule has 0 aliphatic rings. The predicted molar refractivity (Wildman–Crippen MR) is 90.5 cm³/mol. The highest BCUT2D eigenvalue weighted by atomic mass is 16.6. The molecule has 0 saturated carbocycles. The van der Waals surface area contributed by atoms with Gasteiger partial charge >= 0.3 is 5.97 Å². The van der Waals surface area contributed by atoms with Gasteiger partial charge in [-0.15, -0.1) is 0 Å². The van der Waals surface area contributed by atoms with Gasteiger partial charge in [-0.2, -0.15) is 0 Å². The lowest BCUT2D eigenvalue weighted by molar-refractivity contribution is -0.384. The van der Waals surface area contributed by atoms with E-state index < -0.39 is 10.9 Å². The van der Waals surface area contributed by atoms with Crippen LogP contribution in [0.1, 0.15) is 58.3 Å². The first kappa shape index (κ1) is 18.9. The van der Waals surface area contributed by atoms with Gasteiger partial charge in [0.05, 0.1) is 4.92 Å². The second kappa shape index (κ2) is 11.4. The van der Waals surface area contributed by atoms with Crippen molar-refractivity contribution in [3.05, 3.63) is 46.5 Å². The third kappa shape index (κ3) is 8.76. The highest BCUT2D eigenvalue weighted by Crippen LogP contribution is 2.17. The van der Waals surface area contributed by atoms with Crippen LogP contribution < -0.4 is 4.74 Å². The van der Waals surface area contributed by atoms with Gasteiger partial charge in [-0.1, -0.05) is 51.5 Å². The molecule has 126 valence electrons. The Bertz CT molecular complexity index is 508. The summed E-state index contributed by atoms with van der Waals surface area (Å²) in [7, 11) is 0. The van der Waals surface area contributed by atoms with Crippen LogP contribution in [0.4, 0.5) is 5.69 Å². The maximum atomic E-state index is 11.6. The lowest BCUT2D eigenvalue weighted by Gasteiger charge is -2.01. The van der Waals surface area contributed by atoms with Gasteiger partial charge in [-0.25, -0.2) is 4.79 Å². The molecule has 23 heavy (non-hydrogen) atoms. The van der Waals surface area contributed by atoms with Crippen molar-refractivity contribution in [2.75, 3.05) is 0 Å². The Morgan fingerprint density at radius 1 is 1.09 bits per heavy atom. The number of carbonyl (C=O) groups is 1. The summed E-state index contributed by atoms with van der Waals surface area (Å²) in [5.74, 6) is -0.150. The molecule has 0 aliphatic carbocycles. The Morgan fingerprint density at radius 3 is 2.30 bits per heavy atom. The Kier molecular flexibility index (Phi) is 9.36. The molecule has 0 unspecified atom stereocenters. The minimum atomic E-state index is -0.492. The minimum absolute atomic E-state index is 0.0284. The fraction of sp³-hybridized carbons (Fsp3) is 0.500. The summed E-state index contributed by atoms with van der Waals surface area (Å²) in [6.07, 6.45) is 12.8. The Balaban J connectivity index is 2.16. The standard InChI is InChI=1S/C18H25NO4/c1-2-3-4-5-6-7-8-9-10-11-18(20)23-17-14-12-16(13-15-17)19(21)22/h10-15H,2-9H2,1H3/b11-10+. The van der Waals surface area contributed by atoms with Crippen LogP contribution in [0.25, 0.3) is 0 Å². The highest BCUT2D eigenvalue weighted by Gasteiger charge is 2.06. The number of carbonyl (C=O) groups excluding carboxylic acids is 1. The van der Waals surface area contributed by atoms with E-state index in [0.29, 0.717) is 5.75 Å². The molecular formula is C18H25NO4. The number of allylic oxidation sites excluding steroid dienone is 1. The van der Waals surface area contributed by atoms with Gasteiger partial charge in [0, 0.05) is 18.2 Å². The molecule has 0 aromatic heterocycles. The summed E-state index contributed by atoms with van der Waals surface area (Å²) in [5.41, 5.74) is -0.0284. The topological polar surface area (TPSA) is 69.4 Å². The molecule has 0 amide bonds. The van der Waals surface area contributed by atoms with Gasteiger partial charge in [0.25, 0.3) is 5.69 Å². The molecule has 0 spiro atoms. The number of benzene rings is 1. The van der Waals surface area contributed by atoms with Crippen LogP contribution in [0.15, 0.2) is 36.4 Å². The van der Waals surface area contributed by atoms with Crippen molar-refractivity contribution in [1.82, 2.24) is 0 Å². The summed E-state index contributed by atoms with van der Waals surface area (Å²) in [6, 6.07) is 5.45. The molecule has 1 rings (SSSR count). The fourth-order valence-corrected chi connectivity index (χ4v) is 2.18. The molecule has 0 bridgehead atoms. The first-order valence-corrected chi connectivity index (χ1v) is 8.26. The summed E-state index contributed by atoms with van der Waals surface area (Å²) >= 11 is 0. The number of nitrogens with zero attached hydrogens (tertiary/aromatic N) is 1. The third-order valence-corrected chi connectivity index (χ3v) is 3.49. The minimum Gasteiger partial charge on any atom is -0.423 e. The van der Waals surface area contributed by atoms with E-state index in [9.17, 15) is 14.9 Å². The number of non-ortho nitro benzene ring substituents is 1. The molecule has 0 aliphatic heterocycles. The molecule has 5 nitrogen and oxygen atoms in total. The van der Waals surface area contributed by atoms with E-state index in [4.69, 9.17) is 4.74 Å². The van der Waals surface area contributed by atoms with Crippen molar-refractivity contribution >= 4 is 11.7 Å². The number of hydrogen-bond acceptors (Lipinski definition) is 4. The van der Waals surface area contributed by atoms with Crippen LogP contribution in [0.5, 0.6) is 5.75 Å². The second-order valence-electron chi connectivity index (χ2n) is 5.48. The molecule has 5 heteroatoms. The van der Waals surface area contributed by atoms with E-state index in [1.54, 1.807) is 0 Å². The number of hydrogen-bond donors (Lipinski definition) is 0. The molecular weight excluding hydrogens is 294 g/mol. The number of nitro benzene ring substituents is 1. The first-order chi connectivity index (χ1) is 11.1. The van der Waals surface area contributed by atoms with Crippen LogP contribution in [0, 0.1) is 10.1 Å². The lowest BCUT2D eigenvalue weighted by Crippen LogP contribution is -2.03. The van der Waals surface area contributed by atoms with Gasteiger partial charge in [0.2, 0.25) is 0 Å². The highest BCUT2D eigenvalue weighted by molar-refractivity contribution is 5.83. The number of unbranched alkanes of at least 4 members (excludes halogenated alkanes) is 7. The van der Waals surface area contributed by atoms with Gasteiger partial charge < -0.3 is 4.74 Å². The zero-order chi connectivity index (χ0) is 16.9.